The Bertz CT molecular complexity index is 968. The fourth-order valence-electron chi connectivity index (χ4n) is 3.83. The molecule has 8 nitrogen and oxygen atoms in total. The van der Waals surface area contributed by atoms with Crippen molar-refractivity contribution in [3.8, 4) is 5.75 Å². The van der Waals surface area contributed by atoms with E-state index in [0.717, 1.165) is 43.7 Å². The van der Waals surface area contributed by atoms with Crippen LogP contribution in [0.15, 0.2) is 35.0 Å². The fraction of sp³-hybridized carbons (Fsp3) is 0.476. The predicted octanol–water partition coefficient (Wildman–Crippen LogP) is 3.33. The number of fused-ring (bicyclic) bond motifs is 1. The first kappa shape index (κ1) is 23.6. The number of aryl methyl sites for hydroxylation is 1. The second-order valence-corrected chi connectivity index (χ2v) is 7.95. The number of halogens is 3. The first-order chi connectivity index (χ1) is 15.0. The summed E-state index contributed by atoms with van der Waals surface area (Å²) in [5.41, 5.74) is 1.32. The molecule has 1 aromatic heterocycles. The Morgan fingerprint density at radius 3 is 2.44 bits per heavy atom. The molecule has 0 radical (unpaired) electrons. The van der Waals surface area contributed by atoms with E-state index in [0.29, 0.717) is 11.3 Å². The third-order valence-electron chi connectivity index (χ3n) is 5.64. The molecular formula is C21H24F3N3O5. The van der Waals surface area contributed by atoms with Gasteiger partial charge in [0.05, 0.1) is 12.2 Å². The van der Waals surface area contributed by atoms with E-state index < -0.39 is 12.1 Å². The van der Waals surface area contributed by atoms with Gasteiger partial charge in [-0.2, -0.15) is 13.2 Å². The van der Waals surface area contributed by atoms with Gasteiger partial charge in [0, 0.05) is 25.1 Å². The van der Waals surface area contributed by atoms with Crippen LogP contribution < -0.4 is 10.1 Å². The van der Waals surface area contributed by atoms with Crippen LogP contribution in [0.1, 0.15) is 47.0 Å². The summed E-state index contributed by atoms with van der Waals surface area (Å²) in [5.74, 6) is -1.49. The molecule has 1 atom stereocenters. The molecule has 2 aliphatic heterocycles. The van der Waals surface area contributed by atoms with Crippen LogP contribution in [0.2, 0.25) is 0 Å². The normalized spacial score (nSPS) is 19.8. The van der Waals surface area contributed by atoms with Crippen LogP contribution in [0.5, 0.6) is 5.75 Å². The molecule has 1 spiro atoms. The summed E-state index contributed by atoms with van der Waals surface area (Å²) in [7, 11) is 2.14. The summed E-state index contributed by atoms with van der Waals surface area (Å²) >= 11 is 0. The maximum absolute atomic E-state index is 12.7. The number of nitrogens with one attached hydrogen (secondary N) is 1. The molecule has 11 heteroatoms. The minimum absolute atomic E-state index is 0.0739. The molecular weight excluding hydrogens is 431 g/mol. The molecule has 2 N–H and O–H groups in total. The summed E-state index contributed by atoms with van der Waals surface area (Å²) in [6.07, 6.45) is -0.887. The summed E-state index contributed by atoms with van der Waals surface area (Å²) in [6, 6.07) is 7.92. The number of carbonyl (C=O) groups is 2. The smallest absolute Gasteiger partial charge is 0.487 e. The molecule has 1 aromatic carbocycles. The number of benzene rings is 1. The number of carboxylic acid groups (broad SMARTS) is 1. The number of ether oxygens (including phenoxy) is 1. The van der Waals surface area contributed by atoms with Crippen molar-refractivity contribution in [2.45, 2.75) is 44.0 Å². The molecule has 174 valence electrons. The van der Waals surface area contributed by atoms with E-state index in [1.807, 2.05) is 24.3 Å². The van der Waals surface area contributed by atoms with Gasteiger partial charge >= 0.3 is 12.1 Å². The Balaban J connectivity index is 0.000000360. The molecule has 4 rings (SSSR count). The lowest BCUT2D eigenvalue weighted by atomic mass is 9.80. The minimum Gasteiger partial charge on any atom is -0.487 e. The molecule has 0 bridgehead atoms. The van der Waals surface area contributed by atoms with Gasteiger partial charge in [-0.1, -0.05) is 23.4 Å². The average molecular weight is 455 g/mol. The number of hydrogen-bond donors (Lipinski definition) is 2. The first-order valence-electron chi connectivity index (χ1n) is 9.99. The number of carboxylic acids is 1. The molecule has 2 aliphatic rings. The topological polar surface area (TPSA) is 105 Å². The number of likely N-dealkylation sites (tertiary alicyclic amines) is 1. The van der Waals surface area contributed by atoms with Gasteiger partial charge in [-0.15, -0.1) is 0 Å². The zero-order valence-electron chi connectivity index (χ0n) is 17.6. The van der Waals surface area contributed by atoms with E-state index >= 15 is 0 Å². The number of carbonyl (C=O) groups excluding carboxylic acids is 1. The molecule has 1 amide bonds. The number of hydrogen-bond acceptors (Lipinski definition) is 6. The van der Waals surface area contributed by atoms with E-state index in [-0.39, 0.29) is 17.6 Å². The Hall–Kier alpha value is -3.08. The molecule has 3 heterocycles. The van der Waals surface area contributed by atoms with E-state index in [4.69, 9.17) is 19.2 Å². The Morgan fingerprint density at radius 1 is 1.25 bits per heavy atom. The van der Waals surface area contributed by atoms with Crippen molar-refractivity contribution in [3.05, 3.63) is 47.3 Å². The van der Waals surface area contributed by atoms with Gasteiger partial charge in [-0.05, 0) is 32.9 Å². The lowest BCUT2D eigenvalue weighted by molar-refractivity contribution is -0.192. The van der Waals surface area contributed by atoms with Crippen LogP contribution in [-0.2, 0) is 4.79 Å². The summed E-state index contributed by atoms with van der Waals surface area (Å²) in [5, 5.41) is 14.0. The third-order valence-corrected chi connectivity index (χ3v) is 5.64. The second kappa shape index (κ2) is 9.19. The highest BCUT2D eigenvalue weighted by atomic mass is 19.4. The highest BCUT2D eigenvalue weighted by Crippen LogP contribution is 2.44. The lowest BCUT2D eigenvalue weighted by Crippen LogP contribution is -2.51. The van der Waals surface area contributed by atoms with Crippen molar-refractivity contribution in [3.63, 3.8) is 0 Å². The number of alkyl halides is 3. The third kappa shape index (κ3) is 5.39. The van der Waals surface area contributed by atoms with Gasteiger partial charge in [-0.25, -0.2) is 4.79 Å². The average Bonchev–Trinajstić information content (AvgIpc) is 3.16. The predicted molar refractivity (Wildman–Crippen MR) is 106 cm³/mol. The number of para-hydroxylation sites is 1. The van der Waals surface area contributed by atoms with Gasteiger partial charge < -0.3 is 24.6 Å². The molecule has 1 unspecified atom stereocenters. The van der Waals surface area contributed by atoms with E-state index in [9.17, 15) is 18.0 Å². The van der Waals surface area contributed by atoms with E-state index in [2.05, 4.69) is 22.4 Å². The molecule has 0 aliphatic carbocycles. The molecule has 0 saturated carbocycles. The second-order valence-electron chi connectivity index (χ2n) is 7.95. The molecule has 32 heavy (non-hydrogen) atoms. The van der Waals surface area contributed by atoms with Crippen LogP contribution in [0.4, 0.5) is 13.2 Å². The van der Waals surface area contributed by atoms with Gasteiger partial charge in [-0.3, -0.25) is 4.79 Å². The number of nitrogens with zero attached hydrogens (tertiary/aromatic N) is 2. The molecule has 1 fully saturated rings. The van der Waals surface area contributed by atoms with Crippen LogP contribution in [-0.4, -0.2) is 59.0 Å². The van der Waals surface area contributed by atoms with E-state index in [1.54, 1.807) is 6.92 Å². The highest BCUT2D eigenvalue weighted by molar-refractivity contribution is 5.95. The zero-order valence-corrected chi connectivity index (χ0v) is 17.6. The van der Waals surface area contributed by atoms with Crippen molar-refractivity contribution in [2.24, 2.45) is 0 Å². The van der Waals surface area contributed by atoms with E-state index in [1.165, 1.54) is 6.20 Å². The van der Waals surface area contributed by atoms with Crippen LogP contribution in [0.25, 0.3) is 0 Å². The summed E-state index contributed by atoms with van der Waals surface area (Å²) < 4.78 is 43.2. The van der Waals surface area contributed by atoms with Gasteiger partial charge in [0.25, 0.3) is 5.91 Å². The lowest BCUT2D eigenvalue weighted by Gasteiger charge is -2.46. The number of piperidine rings is 1. The summed E-state index contributed by atoms with van der Waals surface area (Å²) in [6.45, 7) is 3.76. The highest BCUT2D eigenvalue weighted by Gasteiger charge is 2.43. The Morgan fingerprint density at radius 2 is 1.88 bits per heavy atom. The van der Waals surface area contributed by atoms with Crippen molar-refractivity contribution < 1.29 is 37.1 Å². The Labute approximate surface area is 182 Å². The number of amides is 1. The van der Waals surface area contributed by atoms with Gasteiger partial charge in [0.1, 0.15) is 22.7 Å². The minimum atomic E-state index is -5.08. The first-order valence-corrected chi connectivity index (χ1v) is 9.99. The maximum Gasteiger partial charge on any atom is 0.490 e. The van der Waals surface area contributed by atoms with Gasteiger partial charge in [0.15, 0.2) is 0 Å². The summed E-state index contributed by atoms with van der Waals surface area (Å²) in [4.78, 5) is 23.9. The fourth-order valence-corrected chi connectivity index (χ4v) is 3.83. The number of aliphatic carboxylic acids is 1. The molecule has 2 aromatic rings. The number of aromatic nitrogens is 1. The largest absolute Gasteiger partial charge is 0.490 e. The standard InChI is InChI=1S/C19H23N3O3.C2HF3O2/c1-13-15(12-20-25-13)18(23)21-16-11-19(7-9-22(2)10-8-19)24-17-6-4-3-5-14(16)17;3-2(4,5)1(6)7/h3-6,12,16H,7-11H2,1-2H3,(H,21,23);(H,6,7). The van der Waals surface area contributed by atoms with Crippen molar-refractivity contribution in [1.82, 2.24) is 15.4 Å². The SMILES string of the molecule is Cc1oncc1C(=O)NC1CC2(CCN(C)CC2)Oc2ccccc21.O=C(O)C(F)(F)F. The van der Waals surface area contributed by atoms with Crippen molar-refractivity contribution in [2.75, 3.05) is 20.1 Å². The monoisotopic (exact) mass is 455 g/mol. The van der Waals surface area contributed by atoms with Crippen LogP contribution >= 0.6 is 0 Å². The van der Waals surface area contributed by atoms with Crippen LogP contribution in [0.3, 0.4) is 0 Å². The maximum atomic E-state index is 12.7. The van der Waals surface area contributed by atoms with Crippen LogP contribution in [0, 0.1) is 6.92 Å². The zero-order chi connectivity index (χ0) is 23.5. The quantitative estimate of drug-likeness (QED) is 0.716. The Kier molecular flexibility index (Phi) is 6.77. The van der Waals surface area contributed by atoms with Crippen molar-refractivity contribution >= 4 is 11.9 Å². The van der Waals surface area contributed by atoms with Crippen molar-refractivity contribution in [1.29, 1.82) is 0 Å². The number of rotatable bonds is 2. The van der Waals surface area contributed by atoms with Gasteiger partial charge in [0.2, 0.25) is 0 Å². The molecule has 1 saturated heterocycles.